The Bertz CT molecular complexity index is 1380. The zero-order valence-corrected chi connectivity index (χ0v) is 18.8. The summed E-state index contributed by atoms with van der Waals surface area (Å²) in [6.07, 6.45) is 5.61. The van der Waals surface area contributed by atoms with Crippen LogP contribution in [0.5, 0.6) is 0 Å². The van der Waals surface area contributed by atoms with E-state index in [0.29, 0.717) is 43.2 Å². The van der Waals surface area contributed by atoms with E-state index in [-0.39, 0.29) is 11.8 Å². The Labute approximate surface area is 196 Å². The van der Waals surface area contributed by atoms with E-state index >= 15 is 0 Å². The number of rotatable bonds is 5. The highest BCUT2D eigenvalue weighted by atomic mass is 16.5. The number of aromatic nitrogens is 3. The number of benzene rings is 2. The van der Waals surface area contributed by atoms with Crippen LogP contribution in [0.3, 0.4) is 0 Å². The highest BCUT2D eigenvalue weighted by Crippen LogP contribution is 2.24. The molecule has 0 spiro atoms. The predicted molar refractivity (Wildman–Crippen MR) is 132 cm³/mol. The second-order valence-electron chi connectivity index (χ2n) is 8.15. The number of hydrogen-bond acceptors (Lipinski definition) is 4. The van der Waals surface area contributed by atoms with Gasteiger partial charge in [-0.15, -0.1) is 0 Å². The van der Waals surface area contributed by atoms with Gasteiger partial charge in [-0.25, -0.2) is 0 Å². The SMILES string of the molecule is Cn1cccc1C(=O)Nc1cc(C(=O)N2CCOCC2)ccc1/C=C/c1n[nH]c2ccccc12. The summed E-state index contributed by atoms with van der Waals surface area (Å²) < 4.78 is 7.11. The first-order valence-corrected chi connectivity index (χ1v) is 11.1. The highest BCUT2D eigenvalue weighted by molar-refractivity contribution is 6.06. The standard InChI is InChI=1S/C26H25N5O3/c1-30-12-4-7-24(30)25(32)27-23-17-19(26(33)31-13-15-34-16-14-31)9-8-18(23)10-11-22-20-5-2-3-6-21(20)28-29-22/h2-12,17H,13-16H2,1H3,(H,27,32)(H,28,29)/b11-10+. The molecule has 4 aromatic rings. The van der Waals surface area contributed by atoms with Crippen LogP contribution in [0.25, 0.3) is 23.1 Å². The number of nitrogens with zero attached hydrogens (tertiary/aromatic N) is 3. The summed E-state index contributed by atoms with van der Waals surface area (Å²) in [6.45, 7) is 2.16. The number of fused-ring (bicyclic) bond motifs is 1. The molecule has 1 saturated heterocycles. The fraction of sp³-hybridized carbons (Fsp3) is 0.192. The van der Waals surface area contributed by atoms with E-state index in [1.165, 1.54) is 0 Å². The molecule has 2 N–H and O–H groups in total. The number of nitrogens with one attached hydrogen (secondary N) is 2. The van der Waals surface area contributed by atoms with Gasteiger partial charge in [-0.05, 0) is 42.0 Å². The Morgan fingerprint density at radius 2 is 1.88 bits per heavy atom. The lowest BCUT2D eigenvalue weighted by molar-refractivity contribution is 0.0303. The maximum Gasteiger partial charge on any atom is 0.272 e. The highest BCUT2D eigenvalue weighted by Gasteiger charge is 2.20. The number of amides is 2. The molecule has 0 saturated carbocycles. The topological polar surface area (TPSA) is 92.2 Å². The lowest BCUT2D eigenvalue weighted by Crippen LogP contribution is -2.40. The Hall–Kier alpha value is -4.17. The molecule has 172 valence electrons. The molecular weight excluding hydrogens is 430 g/mol. The molecule has 0 bridgehead atoms. The predicted octanol–water partition coefficient (Wildman–Crippen LogP) is 3.80. The molecule has 0 radical (unpaired) electrons. The van der Waals surface area contributed by atoms with Crippen LogP contribution in [-0.4, -0.2) is 57.8 Å². The molecule has 2 aromatic heterocycles. The van der Waals surface area contributed by atoms with Gasteiger partial charge in [0.1, 0.15) is 5.69 Å². The van der Waals surface area contributed by atoms with Gasteiger partial charge in [-0.3, -0.25) is 14.7 Å². The van der Waals surface area contributed by atoms with Crippen molar-refractivity contribution in [3.63, 3.8) is 0 Å². The van der Waals surface area contributed by atoms with Crippen LogP contribution < -0.4 is 5.32 Å². The summed E-state index contributed by atoms with van der Waals surface area (Å²) in [4.78, 5) is 27.8. The number of morpholine rings is 1. The van der Waals surface area contributed by atoms with Crippen LogP contribution in [-0.2, 0) is 11.8 Å². The van der Waals surface area contributed by atoms with Crippen LogP contribution in [0.4, 0.5) is 5.69 Å². The number of anilines is 1. The van der Waals surface area contributed by atoms with Gasteiger partial charge in [-0.1, -0.05) is 30.3 Å². The third-order valence-electron chi connectivity index (χ3n) is 5.94. The Balaban J connectivity index is 1.48. The summed E-state index contributed by atoms with van der Waals surface area (Å²) in [7, 11) is 1.82. The molecule has 8 nitrogen and oxygen atoms in total. The van der Waals surface area contributed by atoms with E-state index < -0.39 is 0 Å². The molecule has 1 aliphatic rings. The minimum atomic E-state index is -0.247. The van der Waals surface area contributed by atoms with Crippen molar-refractivity contribution in [3.05, 3.63) is 83.3 Å². The maximum atomic E-state index is 13.0. The van der Waals surface area contributed by atoms with Gasteiger partial charge < -0.3 is 19.5 Å². The van der Waals surface area contributed by atoms with Crippen LogP contribution in [0.2, 0.25) is 0 Å². The van der Waals surface area contributed by atoms with Gasteiger partial charge in [0.25, 0.3) is 11.8 Å². The smallest absolute Gasteiger partial charge is 0.272 e. The number of ether oxygens (including phenoxy) is 1. The van der Waals surface area contributed by atoms with Crippen molar-refractivity contribution in [2.24, 2.45) is 7.05 Å². The third kappa shape index (κ3) is 4.35. The molecule has 1 aliphatic heterocycles. The van der Waals surface area contributed by atoms with E-state index in [1.807, 2.05) is 61.8 Å². The van der Waals surface area contributed by atoms with Gasteiger partial charge >= 0.3 is 0 Å². The molecule has 34 heavy (non-hydrogen) atoms. The van der Waals surface area contributed by atoms with E-state index in [4.69, 9.17) is 4.74 Å². The molecule has 5 rings (SSSR count). The number of carbonyl (C=O) groups is 2. The number of aryl methyl sites for hydroxylation is 1. The lowest BCUT2D eigenvalue weighted by Gasteiger charge is -2.27. The molecule has 2 amide bonds. The number of H-pyrrole nitrogens is 1. The number of carbonyl (C=O) groups excluding carboxylic acids is 2. The van der Waals surface area contributed by atoms with E-state index in [2.05, 4.69) is 15.5 Å². The van der Waals surface area contributed by atoms with Gasteiger partial charge in [0.15, 0.2) is 0 Å². The fourth-order valence-electron chi connectivity index (χ4n) is 4.06. The van der Waals surface area contributed by atoms with E-state index in [1.54, 1.807) is 27.7 Å². The van der Waals surface area contributed by atoms with Crippen molar-refractivity contribution in [1.29, 1.82) is 0 Å². The van der Waals surface area contributed by atoms with Gasteiger partial charge in [-0.2, -0.15) is 5.10 Å². The van der Waals surface area contributed by atoms with Crippen LogP contribution in [0, 0.1) is 0 Å². The first-order chi connectivity index (χ1) is 16.6. The van der Waals surface area contributed by atoms with Crippen molar-refractivity contribution < 1.29 is 14.3 Å². The molecule has 0 unspecified atom stereocenters. The number of aromatic amines is 1. The van der Waals surface area contributed by atoms with Crippen LogP contribution >= 0.6 is 0 Å². The van der Waals surface area contributed by atoms with Crippen LogP contribution in [0.1, 0.15) is 32.1 Å². The lowest BCUT2D eigenvalue weighted by atomic mass is 10.1. The Kier molecular flexibility index (Phi) is 5.97. The summed E-state index contributed by atoms with van der Waals surface area (Å²) in [5.74, 6) is -0.324. The molecule has 3 heterocycles. The summed E-state index contributed by atoms with van der Waals surface area (Å²) in [5, 5.41) is 11.4. The van der Waals surface area contributed by atoms with Gasteiger partial charge in [0.05, 0.1) is 24.4 Å². The first-order valence-electron chi connectivity index (χ1n) is 11.1. The van der Waals surface area contributed by atoms with Gasteiger partial charge in [0.2, 0.25) is 0 Å². The number of para-hydroxylation sites is 1. The zero-order chi connectivity index (χ0) is 23.5. The van der Waals surface area contributed by atoms with Crippen molar-refractivity contribution in [2.75, 3.05) is 31.6 Å². The van der Waals surface area contributed by atoms with E-state index in [9.17, 15) is 9.59 Å². The Morgan fingerprint density at radius 1 is 1.06 bits per heavy atom. The molecule has 0 aliphatic carbocycles. The largest absolute Gasteiger partial charge is 0.378 e. The first kappa shape index (κ1) is 21.7. The summed E-state index contributed by atoms with van der Waals surface area (Å²) >= 11 is 0. The maximum absolute atomic E-state index is 13.0. The molecule has 2 aromatic carbocycles. The molecule has 1 fully saturated rings. The van der Waals surface area contributed by atoms with Crippen molar-refractivity contribution >= 4 is 40.6 Å². The van der Waals surface area contributed by atoms with Crippen LogP contribution in [0.15, 0.2) is 60.8 Å². The monoisotopic (exact) mass is 455 g/mol. The zero-order valence-electron chi connectivity index (χ0n) is 18.8. The average Bonchev–Trinajstić information content (AvgIpc) is 3.49. The van der Waals surface area contributed by atoms with E-state index in [0.717, 1.165) is 22.2 Å². The van der Waals surface area contributed by atoms with Crippen molar-refractivity contribution in [2.45, 2.75) is 0 Å². The molecule has 0 atom stereocenters. The normalized spacial score (nSPS) is 14.1. The second kappa shape index (κ2) is 9.36. The summed E-state index contributed by atoms with van der Waals surface area (Å²) in [5.41, 5.74) is 4.12. The van der Waals surface area contributed by atoms with Crippen molar-refractivity contribution in [3.8, 4) is 0 Å². The second-order valence-corrected chi connectivity index (χ2v) is 8.15. The van der Waals surface area contributed by atoms with Crippen molar-refractivity contribution in [1.82, 2.24) is 19.7 Å². The third-order valence-corrected chi connectivity index (χ3v) is 5.94. The fourth-order valence-corrected chi connectivity index (χ4v) is 4.06. The molecule has 8 heteroatoms. The summed E-state index contributed by atoms with van der Waals surface area (Å²) in [6, 6.07) is 16.8. The minimum Gasteiger partial charge on any atom is -0.378 e. The number of hydrogen-bond donors (Lipinski definition) is 2. The quantitative estimate of drug-likeness (QED) is 0.479. The molecular formula is C26H25N5O3. The average molecular weight is 456 g/mol. The Morgan fingerprint density at radius 3 is 2.68 bits per heavy atom. The minimum absolute atomic E-state index is 0.0773. The van der Waals surface area contributed by atoms with Gasteiger partial charge in [0, 0.05) is 43.0 Å².